The number of benzene rings is 4. The summed E-state index contributed by atoms with van der Waals surface area (Å²) in [5.74, 6) is -1.50. The van der Waals surface area contributed by atoms with Gasteiger partial charge in [-0.3, -0.25) is 9.36 Å². The molecule has 0 bridgehead atoms. The highest BCUT2D eigenvalue weighted by Crippen LogP contribution is 2.38. The first-order valence-corrected chi connectivity index (χ1v) is 18.0. The molecule has 0 aliphatic rings. The van der Waals surface area contributed by atoms with Crippen LogP contribution in [0.4, 0.5) is 24.7 Å². The molecule has 0 aliphatic carbocycles. The van der Waals surface area contributed by atoms with Gasteiger partial charge >= 0.3 is 0 Å². The minimum Gasteiger partial charge on any atom is -0.494 e. The Balaban J connectivity index is 1.34. The van der Waals surface area contributed by atoms with E-state index >= 15 is 8.78 Å². The number of rotatable bonds is 17. The molecule has 4 aromatic carbocycles. The number of hydrogen-bond donors (Lipinski definition) is 6. The zero-order valence-electron chi connectivity index (χ0n) is 30.7. The van der Waals surface area contributed by atoms with Crippen molar-refractivity contribution in [3.05, 3.63) is 108 Å². The number of anilines is 2. The van der Waals surface area contributed by atoms with Gasteiger partial charge in [0.15, 0.2) is 28.2 Å². The van der Waals surface area contributed by atoms with Gasteiger partial charge in [0.1, 0.15) is 35.8 Å². The quantitative estimate of drug-likeness (QED) is 0.0740. The second kappa shape index (κ2) is 18.6. The average Bonchev–Trinajstić information content (AvgIpc) is 3.64. The van der Waals surface area contributed by atoms with Gasteiger partial charge in [0.2, 0.25) is 0 Å². The molecule has 1 unspecified atom stereocenters. The van der Waals surface area contributed by atoms with Crippen LogP contribution in [0.3, 0.4) is 0 Å². The molecule has 17 heteroatoms. The van der Waals surface area contributed by atoms with E-state index in [2.05, 4.69) is 10.3 Å². The maximum atomic E-state index is 15.6. The van der Waals surface area contributed by atoms with Crippen LogP contribution in [0, 0.1) is 17.5 Å². The van der Waals surface area contributed by atoms with E-state index < -0.39 is 60.9 Å². The Morgan fingerprint density at radius 3 is 2.07 bits per heavy atom. The molecule has 6 N–H and O–H groups in total. The second-order valence-electron chi connectivity index (χ2n) is 12.4. The summed E-state index contributed by atoms with van der Waals surface area (Å²) in [6, 6.07) is 17.7. The number of methoxy groups -OCH3 is 3. The largest absolute Gasteiger partial charge is 0.494 e. The second-order valence-corrected chi connectivity index (χ2v) is 13.4. The molecule has 4 atom stereocenters. The van der Waals surface area contributed by atoms with E-state index in [1.54, 1.807) is 29.9 Å². The molecule has 5 aromatic rings. The fourth-order valence-electron chi connectivity index (χ4n) is 5.70. The number of ether oxygens (including phenoxy) is 3. The molecule has 1 amide bonds. The Labute approximate surface area is 324 Å². The SMILES string of the molecule is COc1cc(-n2c(N(C)c3ccc(OC)c(OC)c3)cnc2SCc2c(F)cc(-c3ccc(C(=O)NC[C@H](O)[C@@H](O)[C@H](O)C(O)CO)cc3)cc2F)ccc1F. The molecule has 56 heavy (non-hydrogen) atoms. The number of aliphatic hydroxyl groups excluding tert-OH is 5. The summed E-state index contributed by atoms with van der Waals surface area (Å²) in [5.41, 5.74) is 1.69. The Morgan fingerprint density at radius 1 is 0.804 bits per heavy atom. The first kappa shape index (κ1) is 41.9. The summed E-state index contributed by atoms with van der Waals surface area (Å²) in [6.07, 6.45) is -5.46. The molecule has 0 spiro atoms. The third-order valence-corrected chi connectivity index (χ3v) is 9.95. The molecule has 0 radical (unpaired) electrons. The minimum atomic E-state index is -1.85. The van der Waals surface area contributed by atoms with E-state index in [0.29, 0.717) is 39.4 Å². The predicted octanol–water partition coefficient (Wildman–Crippen LogP) is 4.21. The maximum absolute atomic E-state index is 15.6. The number of carbonyl (C=O) groups excluding carboxylic acids is 1. The van der Waals surface area contributed by atoms with E-state index in [4.69, 9.17) is 19.3 Å². The molecular weight excluding hydrogens is 758 g/mol. The van der Waals surface area contributed by atoms with Gasteiger partial charge < -0.3 is 50.0 Å². The van der Waals surface area contributed by atoms with Gasteiger partial charge in [0.25, 0.3) is 5.91 Å². The van der Waals surface area contributed by atoms with Crippen LogP contribution in [0.2, 0.25) is 0 Å². The average molecular weight is 799 g/mol. The summed E-state index contributed by atoms with van der Waals surface area (Å²) < 4.78 is 63.4. The van der Waals surface area contributed by atoms with Crippen molar-refractivity contribution in [2.24, 2.45) is 0 Å². The van der Waals surface area contributed by atoms with Crippen molar-refractivity contribution in [2.45, 2.75) is 35.3 Å². The number of nitrogens with one attached hydrogen (secondary N) is 1. The summed E-state index contributed by atoms with van der Waals surface area (Å²) in [7, 11) is 6.17. The molecule has 0 fully saturated rings. The van der Waals surface area contributed by atoms with Crippen LogP contribution in [-0.2, 0) is 5.75 Å². The summed E-state index contributed by atoms with van der Waals surface area (Å²) in [6.45, 7) is -1.33. The molecule has 5 rings (SSSR count). The molecule has 298 valence electrons. The summed E-state index contributed by atoms with van der Waals surface area (Å²) in [5, 5.41) is 50.9. The van der Waals surface area contributed by atoms with E-state index in [1.165, 1.54) is 75.9 Å². The Kier molecular flexibility index (Phi) is 13.9. The standard InChI is InChI=1S/C39H41F3N4O9S/c1-45(24-10-12-32(53-2)34(15-24)55-4)35-18-44-39(46(35)25-9-11-27(40)33(16-25)54-3)56-20-26-28(41)13-23(14-29(26)42)21-5-7-22(8-6-21)38(52)43-17-30(48)36(50)37(51)31(49)19-47/h5-16,18,30-31,36-37,47-51H,17,19-20H2,1-4H3,(H,43,52)/t30-,31?,36+,37+/m0/s1. The van der Waals surface area contributed by atoms with Crippen molar-refractivity contribution in [2.75, 3.05) is 46.4 Å². The number of carbonyl (C=O) groups is 1. The zero-order valence-corrected chi connectivity index (χ0v) is 31.5. The van der Waals surface area contributed by atoms with Crippen LogP contribution in [0.1, 0.15) is 15.9 Å². The van der Waals surface area contributed by atoms with Crippen molar-refractivity contribution in [1.29, 1.82) is 0 Å². The lowest BCUT2D eigenvalue weighted by Gasteiger charge is -2.25. The van der Waals surface area contributed by atoms with Crippen LogP contribution in [-0.4, -0.2) is 107 Å². The van der Waals surface area contributed by atoms with Gasteiger partial charge in [0, 0.05) is 48.3 Å². The van der Waals surface area contributed by atoms with Gasteiger partial charge in [-0.1, -0.05) is 23.9 Å². The number of hydrogen-bond acceptors (Lipinski definition) is 12. The van der Waals surface area contributed by atoms with Crippen molar-refractivity contribution in [3.63, 3.8) is 0 Å². The van der Waals surface area contributed by atoms with Gasteiger partial charge in [-0.05, 0) is 59.7 Å². The van der Waals surface area contributed by atoms with Crippen LogP contribution >= 0.6 is 11.8 Å². The molecular formula is C39H41F3N4O9S. The fourth-order valence-corrected chi connectivity index (χ4v) is 6.71. The lowest BCUT2D eigenvalue weighted by atomic mass is 10.0. The van der Waals surface area contributed by atoms with Crippen LogP contribution in [0.15, 0.2) is 84.1 Å². The molecule has 0 aliphatic heterocycles. The van der Waals surface area contributed by atoms with Crippen molar-refractivity contribution in [1.82, 2.24) is 14.9 Å². The third kappa shape index (κ3) is 9.21. The number of aromatic nitrogens is 2. The first-order valence-electron chi connectivity index (χ1n) is 17.0. The highest BCUT2D eigenvalue weighted by Gasteiger charge is 2.30. The number of halogens is 3. The minimum absolute atomic E-state index is 0.0144. The van der Waals surface area contributed by atoms with Crippen molar-refractivity contribution < 1.29 is 57.7 Å². The Bertz CT molecular complexity index is 2120. The van der Waals surface area contributed by atoms with Crippen molar-refractivity contribution >= 4 is 29.2 Å². The van der Waals surface area contributed by atoms with Gasteiger partial charge in [-0.2, -0.15) is 0 Å². The van der Waals surface area contributed by atoms with E-state index in [-0.39, 0.29) is 28.2 Å². The Hall–Kier alpha value is -5.30. The van der Waals surface area contributed by atoms with E-state index in [0.717, 1.165) is 11.8 Å². The van der Waals surface area contributed by atoms with Gasteiger partial charge in [-0.25, -0.2) is 18.2 Å². The summed E-state index contributed by atoms with van der Waals surface area (Å²) in [4.78, 5) is 19.0. The number of aliphatic hydroxyl groups is 5. The Morgan fingerprint density at radius 2 is 1.45 bits per heavy atom. The molecule has 1 aromatic heterocycles. The first-order chi connectivity index (χ1) is 26.8. The highest BCUT2D eigenvalue weighted by molar-refractivity contribution is 7.98. The van der Waals surface area contributed by atoms with Crippen molar-refractivity contribution in [3.8, 4) is 34.1 Å². The number of amides is 1. The highest BCUT2D eigenvalue weighted by atomic mass is 32.2. The maximum Gasteiger partial charge on any atom is 0.251 e. The predicted molar refractivity (Wildman–Crippen MR) is 202 cm³/mol. The number of nitrogens with zero attached hydrogens (tertiary/aromatic N) is 3. The third-order valence-electron chi connectivity index (χ3n) is 8.97. The number of imidazole rings is 1. The van der Waals surface area contributed by atoms with Crippen LogP contribution < -0.4 is 24.4 Å². The van der Waals surface area contributed by atoms with E-state index in [9.17, 15) is 29.6 Å². The van der Waals surface area contributed by atoms with Gasteiger partial charge in [-0.15, -0.1) is 0 Å². The molecule has 13 nitrogen and oxygen atoms in total. The fraction of sp³-hybridized carbons (Fsp3) is 0.282. The zero-order chi connectivity index (χ0) is 40.7. The lowest BCUT2D eigenvalue weighted by Crippen LogP contribution is -2.49. The molecule has 0 saturated heterocycles. The van der Waals surface area contributed by atoms with Gasteiger partial charge in [0.05, 0.1) is 45.9 Å². The summed E-state index contributed by atoms with van der Waals surface area (Å²) >= 11 is 1.06. The topological polar surface area (TPSA) is 179 Å². The van der Waals surface area contributed by atoms with E-state index in [1.807, 2.05) is 11.0 Å². The normalized spacial score (nSPS) is 13.4. The lowest BCUT2D eigenvalue weighted by molar-refractivity contribution is -0.113. The molecule has 1 heterocycles. The smallest absolute Gasteiger partial charge is 0.251 e. The monoisotopic (exact) mass is 798 g/mol. The molecule has 0 saturated carbocycles. The van der Waals surface area contributed by atoms with Crippen LogP contribution in [0.25, 0.3) is 16.8 Å². The van der Waals surface area contributed by atoms with Crippen LogP contribution in [0.5, 0.6) is 17.2 Å². The number of thioether (sulfide) groups is 1.